The summed E-state index contributed by atoms with van der Waals surface area (Å²) in [6, 6.07) is 7.58. The molecule has 0 aliphatic heterocycles. The predicted molar refractivity (Wildman–Crippen MR) is 70.0 cm³/mol. The van der Waals surface area contributed by atoms with E-state index >= 15 is 0 Å². The zero-order chi connectivity index (χ0) is 13.5. The molecule has 1 rings (SSSR count). The van der Waals surface area contributed by atoms with Gasteiger partial charge >= 0.3 is 11.9 Å². The van der Waals surface area contributed by atoms with Crippen LogP contribution in [0.25, 0.3) is 0 Å². The van der Waals surface area contributed by atoms with E-state index < -0.39 is 17.9 Å². The molecule has 98 valence electrons. The maximum absolute atomic E-state index is 11.6. The van der Waals surface area contributed by atoms with E-state index in [1.165, 1.54) is 14.2 Å². The lowest BCUT2D eigenvalue weighted by atomic mass is 9.96. The van der Waals surface area contributed by atoms with E-state index in [4.69, 9.17) is 4.74 Å². The molecule has 0 aliphatic rings. The Morgan fingerprint density at radius 2 is 1.78 bits per heavy atom. The summed E-state index contributed by atoms with van der Waals surface area (Å²) in [5.41, 5.74) is 0.970. The molecule has 1 unspecified atom stereocenters. The van der Waals surface area contributed by atoms with Crippen molar-refractivity contribution >= 4 is 27.9 Å². The second kappa shape index (κ2) is 7.16. The van der Waals surface area contributed by atoms with Crippen LogP contribution in [-0.2, 0) is 25.5 Å². The number of benzene rings is 1. The van der Waals surface area contributed by atoms with Crippen LogP contribution in [0.15, 0.2) is 28.7 Å². The number of methoxy groups -OCH3 is 2. The molecular formula is C13H15BrO4. The number of hydrogen-bond donors (Lipinski definition) is 0. The Labute approximate surface area is 114 Å². The van der Waals surface area contributed by atoms with Gasteiger partial charge in [-0.1, -0.05) is 28.1 Å². The van der Waals surface area contributed by atoms with Gasteiger partial charge in [-0.05, 0) is 24.1 Å². The van der Waals surface area contributed by atoms with E-state index in [1.54, 1.807) is 0 Å². The van der Waals surface area contributed by atoms with Crippen LogP contribution in [-0.4, -0.2) is 26.2 Å². The van der Waals surface area contributed by atoms with E-state index in [2.05, 4.69) is 20.7 Å². The van der Waals surface area contributed by atoms with Gasteiger partial charge < -0.3 is 9.47 Å². The molecule has 0 bridgehead atoms. The molecule has 0 amide bonds. The van der Waals surface area contributed by atoms with Gasteiger partial charge in [0, 0.05) is 4.47 Å². The number of carbonyl (C=O) groups is 2. The highest BCUT2D eigenvalue weighted by atomic mass is 79.9. The smallest absolute Gasteiger partial charge is 0.309 e. The highest BCUT2D eigenvalue weighted by Gasteiger charge is 2.23. The van der Waals surface area contributed by atoms with Gasteiger partial charge in [0.05, 0.1) is 26.6 Å². The van der Waals surface area contributed by atoms with Crippen molar-refractivity contribution in [3.8, 4) is 0 Å². The number of carbonyl (C=O) groups excluding carboxylic acids is 2. The maximum atomic E-state index is 11.6. The number of rotatable bonds is 5. The van der Waals surface area contributed by atoms with Crippen LogP contribution < -0.4 is 0 Å². The molecule has 1 aromatic rings. The fourth-order valence-corrected chi connectivity index (χ4v) is 1.86. The fraction of sp³-hybridized carbons (Fsp3) is 0.385. The van der Waals surface area contributed by atoms with Crippen molar-refractivity contribution in [3.05, 3.63) is 34.3 Å². The zero-order valence-electron chi connectivity index (χ0n) is 10.3. The number of halogens is 1. The second-order valence-corrected chi connectivity index (χ2v) is 4.75. The van der Waals surface area contributed by atoms with Gasteiger partial charge in [-0.15, -0.1) is 0 Å². The molecule has 0 saturated carbocycles. The SMILES string of the molecule is COC(=O)CC(Cc1ccc(Br)cc1)C(=O)OC. The first kappa shape index (κ1) is 14.7. The van der Waals surface area contributed by atoms with Gasteiger partial charge in [0.2, 0.25) is 0 Å². The van der Waals surface area contributed by atoms with Crippen LogP contribution in [0.5, 0.6) is 0 Å². The monoisotopic (exact) mass is 314 g/mol. The van der Waals surface area contributed by atoms with Gasteiger partial charge in [0.25, 0.3) is 0 Å². The first-order chi connectivity index (χ1) is 8.56. The quantitative estimate of drug-likeness (QED) is 0.783. The molecule has 0 spiro atoms. The maximum Gasteiger partial charge on any atom is 0.309 e. The summed E-state index contributed by atoms with van der Waals surface area (Å²) >= 11 is 3.34. The van der Waals surface area contributed by atoms with Crippen molar-refractivity contribution in [2.45, 2.75) is 12.8 Å². The highest BCUT2D eigenvalue weighted by molar-refractivity contribution is 9.10. The third-order valence-electron chi connectivity index (χ3n) is 2.57. The van der Waals surface area contributed by atoms with Crippen molar-refractivity contribution in [1.82, 2.24) is 0 Å². The van der Waals surface area contributed by atoms with E-state index in [0.29, 0.717) is 6.42 Å². The van der Waals surface area contributed by atoms with Gasteiger partial charge in [0.1, 0.15) is 0 Å². The van der Waals surface area contributed by atoms with Crippen molar-refractivity contribution in [2.75, 3.05) is 14.2 Å². The third-order valence-corrected chi connectivity index (χ3v) is 3.10. The molecule has 0 radical (unpaired) electrons. The molecule has 0 saturated heterocycles. The van der Waals surface area contributed by atoms with E-state index in [1.807, 2.05) is 24.3 Å². The minimum Gasteiger partial charge on any atom is -0.469 e. The number of ether oxygens (including phenoxy) is 2. The Hall–Kier alpha value is -1.36. The molecular weight excluding hydrogens is 300 g/mol. The van der Waals surface area contributed by atoms with Crippen LogP contribution in [0.4, 0.5) is 0 Å². The van der Waals surface area contributed by atoms with E-state index in [-0.39, 0.29) is 6.42 Å². The van der Waals surface area contributed by atoms with Crippen LogP contribution >= 0.6 is 15.9 Å². The van der Waals surface area contributed by atoms with Gasteiger partial charge in [0.15, 0.2) is 0 Å². The van der Waals surface area contributed by atoms with Crippen LogP contribution in [0.1, 0.15) is 12.0 Å². The number of hydrogen-bond acceptors (Lipinski definition) is 4. The molecule has 1 aromatic carbocycles. The lowest BCUT2D eigenvalue weighted by Crippen LogP contribution is -2.22. The Bertz CT molecular complexity index is 414. The molecule has 0 fully saturated rings. The van der Waals surface area contributed by atoms with Crippen LogP contribution in [0.2, 0.25) is 0 Å². The topological polar surface area (TPSA) is 52.6 Å². The van der Waals surface area contributed by atoms with Crippen molar-refractivity contribution in [3.63, 3.8) is 0 Å². The summed E-state index contributed by atoms with van der Waals surface area (Å²) in [5.74, 6) is -1.32. The van der Waals surface area contributed by atoms with E-state index in [0.717, 1.165) is 10.0 Å². The molecule has 4 nitrogen and oxygen atoms in total. The summed E-state index contributed by atoms with van der Waals surface area (Å²) in [6.45, 7) is 0. The summed E-state index contributed by atoms with van der Waals surface area (Å²) < 4.78 is 10.2. The number of esters is 2. The molecule has 0 heterocycles. The zero-order valence-corrected chi connectivity index (χ0v) is 11.9. The minimum atomic E-state index is -0.511. The molecule has 18 heavy (non-hydrogen) atoms. The van der Waals surface area contributed by atoms with Crippen LogP contribution in [0, 0.1) is 5.92 Å². The van der Waals surface area contributed by atoms with Crippen molar-refractivity contribution < 1.29 is 19.1 Å². The van der Waals surface area contributed by atoms with Gasteiger partial charge in [-0.3, -0.25) is 9.59 Å². The first-order valence-electron chi connectivity index (χ1n) is 5.46. The minimum absolute atomic E-state index is 0.0270. The molecule has 0 aromatic heterocycles. The molecule has 0 N–H and O–H groups in total. The third kappa shape index (κ3) is 4.49. The first-order valence-corrected chi connectivity index (χ1v) is 6.25. The summed E-state index contributed by atoms with van der Waals surface area (Å²) in [6.07, 6.45) is 0.480. The fourth-order valence-electron chi connectivity index (χ4n) is 1.60. The normalized spacial score (nSPS) is 11.7. The Balaban J connectivity index is 2.74. The lowest BCUT2D eigenvalue weighted by Gasteiger charge is -2.13. The molecule has 5 heteroatoms. The predicted octanol–water partition coefficient (Wildman–Crippen LogP) is 2.34. The second-order valence-electron chi connectivity index (χ2n) is 3.83. The standard InChI is InChI=1S/C13H15BrO4/c1-17-12(15)8-10(13(16)18-2)7-9-3-5-11(14)6-4-9/h3-6,10H,7-8H2,1-2H3. The van der Waals surface area contributed by atoms with Gasteiger partial charge in [-0.25, -0.2) is 0 Å². The summed E-state index contributed by atoms with van der Waals surface area (Å²) in [4.78, 5) is 22.8. The van der Waals surface area contributed by atoms with Gasteiger partial charge in [-0.2, -0.15) is 0 Å². The highest BCUT2D eigenvalue weighted by Crippen LogP contribution is 2.17. The summed E-state index contributed by atoms with van der Waals surface area (Å²) in [5, 5.41) is 0. The molecule has 0 aliphatic carbocycles. The Morgan fingerprint density at radius 3 is 2.28 bits per heavy atom. The van der Waals surface area contributed by atoms with Crippen molar-refractivity contribution in [2.24, 2.45) is 5.92 Å². The summed E-state index contributed by atoms with van der Waals surface area (Å²) in [7, 11) is 2.62. The van der Waals surface area contributed by atoms with Crippen LogP contribution in [0.3, 0.4) is 0 Å². The largest absolute Gasteiger partial charge is 0.469 e. The Kier molecular flexibility index (Phi) is 5.85. The lowest BCUT2D eigenvalue weighted by molar-refractivity contribution is -0.151. The van der Waals surface area contributed by atoms with E-state index in [9.17, 15) is 9.59 Å². The Morgan fingerprint density at radius 1 is 1.17 bits per heavy atom. The average Bonchev–Trinajstić information content (AvgIpc) is 2.39. The average molecular weight is 315 g/mol. The molecule has 1 atom stereocenters. The van der Waals surface area contributed by atoms with Crippen molar-refractivity contribution in [1.29, 1.82) is 0 Å².